The number of anilines is 1. The predicted octanol–water partition coefficient (Wildman–Crippen LogP) is 3.35. The van der Waals surface area contributed by atoms with Crippen molar-refractivity contribution in [2.45, 2.75) is 13.5 Å². The van der Waals surface area contributed by atoms with Crippen LogP contribution in [0.25, 0.3) is 11.5 Å². The van der Waals surface area contributed by atoms with E-state index in [0.717, 1.165) is 0 Å². The predicted molar refractivity (Wildman–Crippen MR) is 89.6 cm³/mol. The minimum Gasteiger partial charge on any atom is -0.458 e. The summed E-state index contributed by atoms with van der Waals surface area (Å²) >= 11 is 2.80. The second-order valence-electron chi connectivity index (χ2n) is 4.68. The smallest absolute Gasteiger partial charge is 0.258 e. The molecule has 3 rings (SSSR count). The van der Waals surface area contributed by atoms with E-state index in [1.165, 1.54) is 29.6 Å². The van der Waals surface area contributed by atoms with Gasteiger partial charge in [0.25, 0.3) is 5.91 Å². The number of carbonyl (C=O) groups is 2. The van der Waals surface area contributed by atoms with E-state index in [0.29, 0.717) is 34.5 Å². The number of carbonyl (C=O) groups excluding carboxylic acids is 2. The third kappa shape index (κ3) is 3.85. The van der Waals surface area contributed by atoms with Gasteiger partial charge in [0, 0.05) is 17.7 Å². The van der Waals surface area contributed by atoms with Gasteiger partial charge in [-0.2, -0.15) is 11.3 Å². The molecule has 0 bridgehead atoms. The lowest BCUT2D eigenvalue weighted by atomic mass is 10.3. The van der Waals surface area contributed by atoms with Gasteiger partial charge in [-0.1, -0.05) is 0 Å². The molecule has 0 radical (unpaired) electrons. The number of furan rings is 1. The van der Waals surface area contributed by atoms with Gasteiger partial charge in [0.1, 0.15) is 11.5 Å². The summed E-state index contributed by atoms with van der Waals surface area (Å²) in [4.78, 5) is 27.2. The molecule has 0 aromatic carbocycles. The first-order chi connectivity index (χ1) is 11.1. The Bertz CT molecular complexity index is 821. The number of nitrogens with one attached hydrogen (secondary N) is 2. The number of thiophene rings is 1. The van der Waals surface area contributed by atoms with Crippen LogP contribution in [0.3, 0.4) is 0 Å². The Morgan fingerprint density at radius 3 is 2.87 bits per heavy atom. The van der Waals surface area contributed by atoms with Gasteiger partial charge in [0.15, 0.2) is 10.9 Å². The Balaban J connectivity index is 1.67. The summed E-state index contributed by atoms with van der Waals surface area (Å²) in [5.74, 6) is 0.942. The van der Waals surface area contributed by atoms with Crippen LogP contribution in [0.5, 0.6) is 0 Å². The minimum absolute atomic E-state index is 0.116. The Hall–Kier alpha value is -2.45. The topological polar surface area (TPSA) is 84.2 Å². The monoisotopic (exact) mass is 347 g/mol. The molecule has 0 atom stereocenters. The van der Waals surface area contributed by atoms with Crippen LogP contribution in [0.1, 0.15) is 23.0 Å². The number of amides is 2. The molecule has 3 aromatic rings. The number of aromatic nitrogens is 1. The number of hydrogen-bond donors (Lipinski definition) is 2. The van der Waals surface area contributed by atoms with Crippen molar-refractivity contribution in [1.29, 1.82) is 0 Å². The average Bonchev–Trinajstić information content (AvgIpc) is 3.25. The molecule has 23 heavy (non-hydrogen) atoms. The van der Waals surface area contributed by atoms with Gasteiger partial charge in [0.05, 0.1) is 12.1 Å². The molecule has 2 amide bonds. The molecule has 118 valence electrons. The van der Waals surface area contributed by atoms with Crippen molar-refractivity contribution in [1.82, 2.24) is 10.3 Å². The lowest BCUT2D eigenvalue weighted by molar-refractivity contribution is -0.119. The Morgan fingerprint density at radius 2 is 2.13 bits per heavy atom. The van der Waals surface area contributed by atoms with Crippen LogP contribution in [0.4, 0.5) is 5.13 Å². The molecular formula is C15H13N3O3S2. The number of thiazole rings is 1. The maximum Gasteiger partial charge on any atom is 0.258 e. The second-order valence-corrected chi connectivity index (χ2v) is 6.32. The molecule has 3 aromatic heterocycles. The van der Waals surface area contributed by atoms with E-state index in [9.17, 15) is 9.59 Å². The molecule has 2 N–H and O–H groups in total. The molecule has 0 aliphatic rings. The molecule has 0 fully saturated rings. The number of nitrogens with zero attached hydrogens (tertiary/aromatic N) is 1. The number of hydrogen-bond acceptors (Lipinski definition) is 6. The third-order valence-electron chi connectivity index (χ3n) is 2.93. The summed E-state index contributed by atoms with van der Waals surface area (Å²) in [6, 6.07) is 5.33. The molecular weight excluding hydrogens is 334 g/mol. The van der Waals surface area contributed by atoms with Crippen molar-refractivity contribution in [3.05, 3.63) is 45.7 Å². The third-order valence-corrected chi connectivity index (χ3v) is 4.37. The Morgan fingerprint density at radius 1 is 1.26 bits per heavy atom. The van der Waals surface area contributed by atoms with Gasteiger partial charge in [-0.15, -0.1) is 11.3 Å². The first kappa shape index (κ1) is 15.4. The zero-order valence-corrected chi connectivity index (χ0v) is 13.8. The van der Waals surface area contributed by atoms with Crippen LogP contribution in [0.15, 0.2) is 38.8 Å². The molecule has 8 heteroatoms. The SMILES string of the molecule is CC(=O)NCc1ccc(-c2csc(NC(=O)c3ccsc3)n2)o1. The van der Waals surface area contributed by atoms with Crippen molar-refractivity contribution < 1.29 is 14.0 Å². The van der Waals surface area contributed by atoms with E-state index in [1.54, 1.807) is 23.6 Å². The second kappa shape index (κ2) is 6.76. The standard InChI is InChI=1S/C15H13N3O3S2/c1-9(19)16-6-11-2-3-13(21-11)12-8-23-15(17-12)18-14(20)10-4-5-22-7-10/h2-5,7-8H,6H2,1H3,(H,16,19)(H,17,18,20). The lowest BCUT2D eigenvalue weighted by Gasteiger charge is -1.98. The Labute approximate surface area is 140 Å². The molecule has 0 saturated carbocycles. The molecule has 0 aliphatic carbocycles. The van der Waals surface area contributed by atoms with Gasteiger partial charge in [-0.25, -0.2) is 4.98 Å². The fourth-order valence-corrected chi connectivity index (χ4v) is 3.16. The summed E-state index contributed by atoms with van der Waals surface area (Å²) in [5, 5.41) is 11.4. The van der Waals surface area contributed by atoms with Gasteiger partial charge >= 0.3 is 0 Å². The van der Waals surface area contributed by atoms with Crippen LogP contribution in [-0.4, -0.2) is 16.8 Å². The highest BCUT2D eigenvalue weighted by Gasteiger charge is 2.12. The number of rotatable bonds is 5. The quantitative estimate of drug-likeness (QED) is 0.741. The lowest BCUT2D eigenvalue weighted by Crippen LogP contribution is -2.18. The van der Waals surface area contributed by atoms with E-state index in [1.807, 2.05) is 10.8 Å². The normalized spacial score (nSPS) is 10.5. The zero-order chi connectivity index (χ0) is 16.2. The highest BCUT2D eigenvalue weighted by Crippen LogP contribution is 2.27. The van der Waals surface area contributed by atoms with Crippen molar-refractivity contribution in [3.8, 4) is 11.5 Å². The molecule has 0 spiro atoms. The van der Waals surface area contributed by atoms with Gasteiger partial charge < -0.3 is 9.73 Å². The van der Waals surface area contributed by atoms with Crippen molar-refractivity contribution in [2.24, 2.45) is 0 Å². The molecule has 0 aliphatic heterocycles. The average molecular weight is 347 g/mol. The maximum absolute atomic E-state index is 12.0. The molecule has 0 saturated heterocycles. The van der Waals surface area contributed by atoms with Crippen LogP contribution in [0, 0.1) is 0 Å². The Kier molecular flexibility index (Phi) is 4.54. The maximum atomic E-state index is 12.0. The van der Waals surface area contributed by atoms with Crippen LogP contribution in [-0.2, 0) is 11.3 Å². The van der Waals surface area contributed by atoms with E-state index in [4.69, 9.17) is 4.42 Å². The summed E-state index contributed by atoms with van der Waals surface area (Å²) in [6.07, 6.45) is 0. The molecule has 0 unspecified atom stereocenters. The zero-order valence-electron chi connectivity index (χ0n) is 12.2. The molecule has 6 nitrogen and oxygen atoms in total. The van der Waals surface area contributed by atoms with E-state index in [-0.39, 0.29) is 11.8 Å². The largest absolute Gasteiger partial charge is 0.458 e. The van der Waals surface area contributed by atoms with Crippen molar-refractivity contribution in [3.63, 3.8) is 0 Å². The highest BCUT2D eigenvalue weighted by molar-refractivity contribution is 7.14. The fourth-order valence-electron chi connectivity index (χ4n) is 1.83. The van der Waals surface area contributed by atoms with Crippen LogP contribution < -0.4 is 10.6 Å². The van der Waals surface area contributed by atoms with Crippen molar-refractivity contribution >= 4 is 39.6 Å². The van der Waals surface area contributed by atoms with Crippen LogP contribution >= 0.6 is 22.7 Å². The van der Waals surface area contributed by atoms with E-state index in [2.05, 4.69) is 15.6 Å². The van der Waals surface area contributed by atoms with Gasteiger partial charge in [0.2, 0.25) is 5.91 Å². The minimum atomic E-state index is -0.182. The first-order valence-electron chi connectivity index (χ1n) is 6.74. The molecule has 3 heterocycles. The summed E-state index contributed by atoms with van der Waals surface area (Å²) in [5.41, 5.74) is 1.26. The highest BCUT2D eigenvalue weighted by atomic mass is 32.1. The van der Waals surface area contributed by atoms with E-state index >= 15 is 0 Å². The van der Waals surface area contributed by atoms with Gasteiger partial charge in [-0.05, 0) is 23.6 Å². The first-order valence-corrected chi connectivity index (χ1v) is 8.56. The summed E-state index contributed by atoms with van der Waals surface area (Å²) < 4.78 is 5.63. The van der Waals surface area contributed by atoms with E-state index < -0.39 is 0 Å². The van der Waals surface area contributed by atoms with Gasteiger partial charge in [-0.3, -0.25) is 14.9 Å². The fraction of sp³-hybridized carbons (Fsp3) is 0.133. The van der Waals surface area contributed by atoms with Crippen molar-refractivity contribution in [2.75, 3.05) is 5.32 Å². The summed E-state index contributed by atoms with van der Waals surface area (Å²) in [7, 11) is 0. The van der Waals surface area contributed by atoms with Crippen LogP contribution in [0.2, 0.25) is 0 Å². The summed E-state index contributed by atoms with van der Waals surface area (Å²) in [6.45, 7) is 1.79.